The average molecular weight is 372 g/mol. The van der Waals surface area contributed by atoms with Crippen LogP contribution in [0.1, 0.15) is 31.9 Å². The summed E-state index contributed by atoms with van der Waals surface area (Å²) in [5, 5.41) is 25.5. The molecule has 0 saturated carbocycles. The second-order valence-electron chi connectivity index (χ2n) is 7.49. The summed E-state index contributed by atoms with van der Waals surface area (Å²) < 4.78 is 5.29. The predicted octanol–water partition coefficient (Wildman–Crippen LogP) is 3.42. The first-order valence-corrected chi connectivity index (χ1v) is 8.88. The Kier molecular flexibility index (Phi) is 6.69. The largest absolute Gasteiger partial charge is 0.505 e. The molecule has 0 heterocycles. The second kappa shape index (κ2) is 8.77. The third-order valence-corrected chi connectivity index (χ3v) is 4.26. The number of carbonyl (C=O) groups is 1. The fourth-order valence-corrected chi connectivity index (χ4v) is 2.80. The fraction of sp³-hybridized carbons (Fsp3) is 0.381. The van der Waals surface area contributed by atoms with Gasteiger partial charge in [-0.2, -0.15) is 0 Å². The van der Waals surface area contributed by atoms with Crippen molar-refractivity contribution in [2.45, 2.75) is 38.6 Å². The smallest absolute Gasteiger partial charge is 0.319 e. The Balaban J connectivity index is 2.14. The van der Waals surface area contributed by atoms with Gasteiger partial charge in [-0.1, -0.05) is 51.1 Å². The number of rotatable bonds is 6. The molecule has 0 fully saturated rings. The molecule has 146 valence electrons. The van der Waals surface area contributed by atoms with Crippen molar-refractivity contribution in [2.24, 2.45) is 0 Å². The highest BCUT2D eigenvalue weighted by Crippen LogP contribution is 2.39. The number of benzene rings is 2. The Bertz CT molecular complexity index is 770. The summed E-state index contributed by atoms with van der Waals surface area (Å²) in [6.45, 7) is 5.70. The average Bonchev–Trinajstić information content (AvgIpc) is 2.62. The minimum Gasteiger partial charge on any atom is -0.505 e. The summed E-state index contributed by atoms with van der Waals surface area (Å²) in [6.07, 6.45) is 0.502. The molecule has 0 aromatic heterocycles. The van der Waals surface area contributed by atoms with Crippen molar-refractivity contribution in [3.05, 3.63) is 53.6 Å². The number of aliphatic hydroxyl groups is 1. The van der Waals surface area contributed by atoms with Crippen molar-refractivity contribution < 1.29 is 19.7 Å². The van der Waals surface area contributed by atoms with Crippen molar-refractivity contribution in [3.8, 4) is 11.5 Å². The van der Waals surface area contributed by atoms with Gasteiger partial charge in [0.1, 0.15) is 11.5 Å². The molecular weight excluding hydrogens is 344 g/mol. The standard InChI is InChI=1S/C21H28N2O4/c1-21(2,3)17-11-16(27-4)12-18(19(17)25)23-20(26)22-15(13-24)10-14-8-6-5-7-9-14/h5-9,11-12,15,24-25H,10,13H2,1-4H3,(H2,22,23,26)/t15-/m0/s1. The van der Waals surface area contributed by atoms with Crippen LogP contribution in [0.5, 0.6) is 11.5 Å². The Morgan fingerprint density at radius 2 is 1.85 bits per heavy atom. The van der Waals surface area contributed by atoms with Crippen LogP contribution in [0.2, 0.25) is 0 Å². The van der Waals surface area contributed by atoms with Crippen LogP contribution in [0.25, 0.3) is 0 Å². The summed E-state index contributed by atoms with van der Waals surface area (Å²) >= 11 is 0. The SMILES string of the molecule is COc1cc(NC(=O)N[C@H](CO)Cc2ccccc2)c(O)c(C(C)(C)C)c1. The van der Waals surface area contributed by atoms with Crippen molar-refractivity contribution in [1.82, 2.24) is 5.32 Å². The van der Waals surface area contributed by atoms with Crippen LogP contribution >= 0.6 is 0 Å². The van der Waals surface area contributed by atoms with E-state index in [9.17, 15) is 15.0 Å². The molecule has 2 aromatic carbocycles. The summed E-state index contributed by atoms with van der Waals surface area (Å²) in [5.41, 5.74) is 1.61. The van der Waals surface area contributed by atoms with Crippen LogP contribution in [0.3, 0.4) is 0 Å². The van der Waals surface area contributed by atoms with Gasteiger partial charge < -0.3 is 25.6 Å². The van der Waals surface area contributed by atoms with E-state index in [2.05, 4.69) is 10.6 Å². The number of urea groups is 1. The normalized spacial score (nSPS) is 12.3. The molecule has 4 N–H and O–H groups in total. The molecule has 0 aliphatic carbocycles. The first kappa shape index (κ1) is 20.6. The number of amides is 2. The molecule has 2 amide bonds. The number of ether oxygens (including phenoxy) is 1. The molecule has 0 saturated heterocycles. The molecule has 0 radical (unpaired) electrons. The summed E-state index contributed by atoms with van der Waals surface area (Å²) in [7, 11) is 1.53. The number of anilines is 1. The molecule has 2 rings (SSSR count). The van der Waals surface area contributed by atoms with Crippen LogP contribution in [-0.4, -0.2) is 36.0 Å². The van der Waals surface area contributed by atoms with E-state index in [1.807, 2.05) is 51.1 Å². The van der Waals surface area contributed by atoms with E-state index in [1.54, 1.807) is 12.1 Å². The number of phenols is 1. The van der Waals surface area contributed by atoms with Gasteiger partial charge in [0.05, 0.1) is 25.4 Å². The van der Waals surface area contributed by atoms with Gasteiger partial charge in [-0.3, -0.25) is 0 Å². The van der Waals surface area contributed by atoms with E-state index in [0.29, 0.717) is 17.7 Å². The van der Waals surface area contributed by atoms with Gasteiger partial charge in [-0.25, -0.2) is 4.79 Å². The van der Waals surface area contributed by atoms with Gasteiger partial charge in [-0.05, 0) is 23.5 Å². The van der Waals surface area contributed by atoms with Crippen LogP contribution in [0.15, 0.2) is 42.5 Å². The predicted molar refractivity (Wildman–Crippen MR) is 107 cm³/mol. The van der Waals surface area contributed by atoms with Gasteiger partial charge >= 0.3 is 6.03 Å². The number of hydrogen-bond donors (Lipinski definition) is 4. The van der Waals surface area contributed by atoms with E-state index in [4.69, 9.17) is 4.74 Å². The van der Waals surface area contributed by atoms with Crippen molar-refractivity contribution in [1.29, 1.82) is 0 Å². The van der Waals surface area contributed by atoms with Gasteiger partial charge in [0.2, 0.25) is 0 Å². The monoisotopic (exact) mass is 372 g/mol. The maximum absolute atomic E-state index is 12.4. The third-order valence-electron chi connectivity index (χ3n) is 4.26. The molecule has 0 aliphatic heterocycles. The third kappa shape index (κ3) is 5.62. The number of aliphatic hydroxyl groups excluding tert-OH is 1. The van der Waals surface area contributed by atoms with Gasteiger partial charge in [0.15, 0.2) is 0 Å². The highest BCUT2D eigenvalue weighted by molar-refractivity contribution is 5.91. The number of hydrogen-bond acceptors (Lipinski definition) is 4. The maximum atomic E-state index is 12.4. The second-order valence-corrected chi connectivity index (χ2v) is 7.49. The molecule has 0 aliphatic rings. The highest BCUT2D eigenvalue weighted by atomic mass is 16.5. The van der Waals surface area contributed by atoms with Crippen molar-refractivity contribution >= 4 is 11.7 Å². The number of phenolic OH excluding ortho intramolecular Hbond substituents is 1. The molecular formula is C21H28N2O4. The molecule has 0 bridgehead atoms. The lowest BCUT2D eigenvalue weighted by molar-refractivity contribution is 0.224. The quantitative estimate of drug-likeness (QED) is 0.585. The lowest BCUT2D eigenvalue weighted by atomic mass is 9.86. The van der Waals surface area contributed by atoms with Crippen LogP contribution in [-0.2, 0) is 11.8 Å². The summed E-state index contributed by atoms with van der Waals surface area (Å²) in [5.74, 6) is 0.540. The Morgan fingerprint density at radius 1 is 1.19 bits per heavy atom. The highest BCUT2D eigenvalue weighted by Gasteiger charge is 2.23. The lowest BCUT2D eigenvalue weighted by Gasteiger charge is -2.23. The summed E-state index contributed by atoms with van der Waals surface area (Å²) in [4.78, 5) is 12.4. The zero-order valence-corrected chi connectivity index (χ0v) is 16.2. The Hall–Kier alpha value is -2.73. The lowest BCUT2D eigenvalue weighted by Crippen LogP contribution is -2.41. The molecule has 0 unspecified atom stereocenters. The van der Waals surface area contributed by atoms with Crippen LogP contribution in [0, 0.1) is 0 Å². The molecule has 1 atom stereocenters. The van der Waals surface area contributed by atoms with Gasteiger partial charge in [0.25, 0.3) is 0 Å². The van der Waals surface area contributed by atoms with Gasteiger partial charge in [-0.15, -0.1) is 0 Å². The number of nitrogens with one attached hydrogen (secondary N) is 2. The summed E-state index contributed by atoms with van der Waals surface area (Å²) in [6, 6.07) is 12.0. The Labute approximate surface area is 160 Å². The molecule has 6 heteroatoms. The topological polar surface area (TPSA) is 90.8 Å². The Morgan fingerprint density at radius 3 is 2.41 bits per heavy atom. The van der Waals surface area contributed by atoms with Gasteiger partial charge in [0, 0.05) is 11.6 Å². The van der Waals surface area contributed by atoms with Crippen LogP contribution in [0.4, 0.5) is 10.5 Å². The fourth-order valence-electron chi connectivity index (χ4n) is 2.80. The molecule has 2 aromatic rings. The van der Waals surface area contributed by atoms with Crippen LogP contribution < -0.4 is 15.4 Å². The number of aromatic hydroxyl groups is 1. The van der Waals surface area contributed by atoms with Crippen molar-refractivity contribution in [3.63, 3.8) is 0 Å². The van der Waals surface area contributed by atoms with E-state index >= 15 is 0 Å². The molecule has 27 heavy (non-hydrogen) atoms. The van der Waals surface area contributed by atoms with E-state index in [-0.39, 0.29) is 23.5 Å². The zero-order chi connectivity index (χ0) is 20.0. The van der Waals surface area contributed by atoms with E-state index in [0.717, 1.165) is 5.56 Å². The molecule has 6 nitrogen and oxygen atoms in total. The van der Waals surface area contributed by atoms with E-state index in [1.165, 1.54) is 7.11 Å². The maximum Gasteiger partial charge on any atom is 0.319 e. The molecule has 0 spiro atoms. The number of carbonyl (C=O) groups excluding carboxylic acids is 1. The minimum absolute atomic E-state index is 0.00191. The minimum atomic E-state index is -0.506. The first-order valence-electron chi connectivity index (χ1n) is 8.88. The number of methoxy groups -OCH3 is 1. The van der Waals surface area contributed by atoms with Crippen molar-refractivity contribution in [2.75, 3.05) is 19.0 Å². The zero-order valence-electron chi connectivity index (χ0n) is 16.2. The first-order chi connectivity index (χ1) is 12.7. The van der Waals surface area contributed by atoms with E-state index < -0.39 is 12.1 Å².